The van der Waals surface area contributed by atoms with Gasteiger partial charge in [-0.3, -0.25) is 9.00 Å². The quantitative estimate of drug-likeness (QED) is 0.829. The Balaban J connectivity index is 1.81. The van der Waals surface area contributed by atoms with Gasteiger partial charge in [0.25, 0.3) is 0 Å². The van der Waals surface area contributed by atoms with Crippen molar-refractivity contribution >= 4 is 29.3 Å². The molecule has 0 spiro atoms. The van der Waals surface area contributed by atoms with Gasteiger partial charge in [-0.15, -0.1) is 0 Å². The van der Waals surface area contributed by atoms with E-state index in [1.807, 2.05) is 30.3 Å². The van der Waals surface area contributed by atoms with Gasteiger partial charge in [-0.25, -0.2) is 0 Å². The molecule has 1 N–H and O–H groups in total. The largest absolute Gasteiger partial charge is 0.352 e. The van der Waals surface area contributed by atoms with Gasteiger partial charge < -0.3 is 5.32 Å². The highest BCUT2D eigenvalue weighted by Crippen LogP contribution is 2.12. The van der Waals surface area contributed by atoms with Gasteiger partial charge in [-0.1, -0.05) is 30.3 Å². The fourth-order valence-electron chi connectivity index (χ4n) is 2.17. The highest BCUT2D eigenvalue weighted by molar-refractivity contribution is 7.85. The summed E-state index contributed by atoms with van der Waals surface area (Å²) in [6.45, 7) is 0. The molecule has 1 aromatic carbocycles. The van der Waals surface area contributed by atoms with Crippen molar-refractivity contribution in [2.45, 2.75) is 30.6 Å². The first-order valence-corrected chi connectivity index (χ1v) is 8.53. The molecule has 0 aromatic heterocycles. The smallest absolute Gasteiger partial charge is 0.233 e. The maximum absolute atomic E-state index is 12.0. The molecule has 2 rings (SSSR count). The van der Waals surface area contributed by atoms with Crippen molar-refractivity contribution in [2.24, 2.45) is 0 Å². The number of amides is 1. The molecule has 1 atom stereocenters. The minimum Gasteiger partial charge on any atom is -0.352 e. The lowest BCUT2D eigenvalue weighted by Crippen LogP contribution is -2.43. The molecule has 104 valence electrons. The fraction of sp³-hybridized carbons (Fsp3) is 0.500. The molecular formula is C14H19NO2S2. The minimum absolute atomic E-state index is 0.0233. The number of benzene rings is 1. The van der Waals surface area contributed by atoms with Crippen molar-refractivity contribution in [3.63, 3.8) is 0 Å². The molecule has 1 amide bonds. The number of nitrogens with one attached hydrogen (secondary N) is 1. The van der Waals surface area contributed by atoms with Crippen LogP contribution in [0.2, 0.25) is 0 Å². The monoisotopic (exact) mass is 297 g/mol. The summed E-state index contributed by atoms with van der Waals surface area (Å²) < 4.78 is 11.3. The van der Waals surface area contributed by atoms with Crippen LogP contribution in [0.3, 0.4) is 0 Å². The van der Waals surface area contributed by atoms with Crippen LogP contribution in [-0.2, 0) is 22.0 Å². The molecule has 1 unspecified atom stereocenters. The molecule has 1 saturated heterocycles. The van der Waals surface area contributed by atoms with Crippen molar-refractivity contribution in [1.82, 2.24) is 5.32 Å². The Bertz CT molecular complexity index is 440. The first kappa shape index (κ1) is 14.6. The average Bonchev–Trinajstić information content (AvgIpc) is 2.42. The van der Waals surface area contributed by atoms with E-state index in [-0.39, 0.29) is 17.2 Å². The summed E-state index contributed by atoms with van der Waals surface area (Å²) in [7, 11) is -0.688. The molecule has 0 radical (unpaired) electrons. The molecule has 1 aromatic rings. The molecule has 19 heavy (non-hydrogen) atoms. The summed E-state index contributed by atoms with van der Waals surface area (Å²) in [5.41, 5.74) is 1.11. The second-order valence-electron chi connectivity index (χ2n) is 4.84. The van der Waals surface area contributed by atoms with E-state index in [2.05, 4.69) is 17.9 Å². The molecule has 1 aliphatic rings. The zero-order valence-corrected chi connectivity index (χ0v) is 12.5. The van der Waals surface area contributed by atoms with Crippen molar-refractivity contribution in [1.29, 1.82) is 0 Å². The molecule has 1 heterocycles. The van der Waals surface area contributed by atoms with Crippen LogP contribution in [0.25, 0.3) is 0 Å². The van der Waals surface area contributed by atoms with Gasteiger partial charge in [0.15, 0.2) is 0 Å². The third-order valence-electron chi connectivity index (χ3n) is 3.31. The van der Waals surface area contributed by atoms with Crippen LogP contribution in [0.15, 0.2) is 30.3 Å². The van der Waals surface area contributed by atoms with Crippen molar-refractivity contribution in [2.75, 3.05) is 11.5 Å². The lowest BCUT2D eigenvalue weighted by atomic mass is 10.1. The number of carbonyl (C=O) groups excluding carboxylic acids is 1. The van der Waals surface area contributed by atoms with E-state index in [1.165, 1.54) is 0 Å². The Morgan fingerprint density at radius 2 is 1.95 bits per heavy atom. The van der Waals surface area contributed by atoms with Crippen LogP contribution in [0.5, 0.6) is 0 Å². The van der Waals surface area contributed by atoms with E-state index in [9.17, 15) is 9.00 Å². The van der Waals surface area contributed by atoms with Crippen molar-refractivity contribution in [3.05, 3.63) is 35.9 Å². The fourth-order valence-corrected chi connectivity index (χ4v) is 3.75. The summed E-state index contributed by atoms with van der Waals surface area (Å²) in [5, 5.41) is 2.69. The first-order chi connectivity index (χ1) is 9.15. The molecule has 0 bridgehead atoms. The zero-order chi connectivity index (χ0) is 13.7. The summed E-state index contributed by atoms with van der Waals surface area (Å²) in [5.74, 6) is 1.37. The van der Waals surface area contributed by atoms with E-state index in [0.29, 0.717) is 17.9 Å². The third kappa shape index (κ3) is 4.66. The summed E-state index contributed by atoms with van der Waals surface area (Å²) in [6.07, 6.45) is 2.25. The van der Waals surface area contributed by atoms with Gasteiger partial charge in [0.1, 0.15) is 0 Å². The summed E-state index contributed by atoms with van der Waals surface area (Å²) >= 11 is 4.38. The summed E-state index contributed by atoms with van der Waals surface area (Å²) in [6, 6.07) is 10.0. The van der Waals surface area contributed by atoms with Crippen molar-refractivity contribution in [3.8, 4) is 0 Å². The Morgan fingerprint density at radius 3 is 2.58 bits per heavy atom. The van der Waals surface area contributed by atoms with Gasteiger partial charge >= 0.3 is 0 Å². The predicted molar refractivity (Wildman–Crippen MR) is 82.0 cm³/mol. The number of carbonyl (C=O) groups is 1. The Morgan fingerprint density at radius 1 is 1.32 bits per heavy atom. The van der Waals surface area contributed by atoms with Gasteiger partial charge in [-0.05, 0) is 24.8 Å². The van der Waals surface area contributed by atoms with Gasteiger partial charge in [0.05, 0.1) is 5.25 Å². The SMILES string of the molecule is O=C(NC1CCS(=O)CC1)C(S)Cc1ccccc1. The normalized spacial score (nSPS) is 24.7. The average molecular weight is 297 g/mol. The Labute approximate surface area is 122 Å². The molecular weight excluding hydrogens is 278 g/mol. The standard InChI is InChI=1S/C14H19NO2S2/c16-14(15-12-6-8-19(17)9-7-12)13(18)10-11-4-2-1-3-5-11/h1-5,12-13,18H,6-10H2,(H,15,16). The predicted octanol–water partition coefficient (Wildman–Crippen LogP) is 1.55. The van der Waals surface area contributed by atoms with E-state index in [4.69, 9.17) is 0 Å². The third-order valence-corrected chi connectivity index (χ3v) is 5.11. The molecule has 5 heteroatoms. The molecule has 3 nitrogen and oxygen atoms in total. The van der Waals surface area contributed by atoms with E-state index >= 15 is 0 Å². The highest BCUT2D eigenvalue weighted by atomic mass is 32.2. The molecule has 1 fully saturated rings. The molecule has 1 aliphatic heterocycles. The first-order valence-electron chi connectivity index (χ1n) is 6.52. The van der Waals surface area contributed by atoms with Crippen LogP contribution >= 0.6 is 12.6 Å². The minimum atomic E-state index is -0.688. The van der Waals surface area contributed by atoms with E-state index in [1.54, 1.807) is 0 Å². The maximum atomic E-state index is 12.0. The number of hydrogen-bond acceptors (Lipinski definition) is 3. The van der Waals surface area contributed by atoms with Crippen LogP contribution in [0, 0.1) is 0 Å². The molecule has 0 aliphatic carbocycles. The molecule has 0 saturated carbocycles. The zero-order valence-electron chi connectivity index (χ0n) is 10.7. The van der Waals surface area contributed by atoms with Gasteiger partial charge in [0, 0.05) is 28.3 Å². The van der Waals surface area contributed by atoms with Gasteiger partial charge in [0.2, 0.25) is 5.91 Å². The second kappa shape index (κ2) is 7.10. The topological polar surface area (TPSA) is 46.2 Å². The van der Waals surface area contributed by atoms with Crippen LogP contribution < -0.4 is 5.32 Å². The van der Waals surface area contributed by atoms with Crippen molar-refractivity contribution < 1.29 is 9.00 Å². The number of thiol groups is 1. The van der Waals surface area contributed by atoms with E-state index in [0.717, 1.165) is 18.4 Å². The van der Waals surface area contributed by atoms with Crippen LogP contribution in [-0.4, -0.2) is 32.9 Å². The van der Waals surface area contributed by atoms with Crippen LogP contribution in [0.4, 0.5) is 0 Å². The second-order valence-corrected chi connectivity index (χ2v) is 7.16. The van der Waals surface area contributed by atoms with E-state index < -0.39 is 10.8 Å². The Hall–Kier alpha value is -0.810. The number of hydrogen-bond donors (Lipinski definition) is 2. The number of rotatable bonds is 4. The highest BCUT2D eigenvalue weighted by Gasteiger charge is 2.22. The van der Waals surface area contributed by atoms with Crippen LogP contribution in [0.1, 0.15) is 18.4 Å². The maximum Gasteiger partial charge on any atom is 0.233 e. The summed E-state index contributed by atoms with van der Waals surface area (Å²) in [4.78, 5) is 12.0. The lowest BCUT2D eigenvalue weighted by molar-refractivity contribution is -0.121. The van der Waals surface area contributed by atoms with Gasteiger partial charge in [-0.2, -0.15) is 12.6 Å². The Kier molecular flexibility index (Phi) is 5.45. The lowest BCUT2D eigenvalue weighted by Gasteiger charge is -2.24.